The van der Waals surface area contributed by atoms with Gasteiger partial charge in [0.1, 0.15) is 49.9 Å². The zero-order valence-corrected chi connectivity index (χ0v) is 48.3. The van der Waals surface area contributed by atoms with Crippen LogP contribution >= 0.6 is 69.3 Å². The highest BCUT2D eigenvalue weighted by atomic mass is 32.2. The number of alkyl halides is 6. The molecular formula is C53H49F9N12S6. The zero-order chi connectivity index (χ0) is 58.1. The average molecular weight is 1220 g/mol. The van der Waals surface area contributed by atoms with Crippen molar-refractivity contribution in [2.45, 2.75) is 106 Å². The molecule has 0 spiro atoms. The third-order valence-corrected chi connectivity index (χ3v) is 17.1. The van der Waals surface area contributed by atoms with Gasteiger partial charge in [0, 0.05) is 83.9 Å². The fraction of sp³-hybridized carbons (Fsp3) is 0.264. The summed E-state index contributed by atoms with van der Waals surface area (Å²) in [5, 5.41) is 3.20. The minimum atomic E-state index is -4.59. The number of hydrogen-bond donors (Lipinski definition) is 3. The maximum Gasteiger partial charge on any atom is 0.416 e. The molecule has 0 saturated heterocycles. The van der Waals surface area contributed by atoms with Crippen molar-refractivity contribution in [3.8, 4) is 31.7 Å². The normalized spacial score (nSPS) is 11.5. The third kappa shape index (κ3) is 16.8. The van der Waals surface area contributed by atoms with Gasteiger partial charge in [-0.15, -0.1) is 34.0 Å². The van der Waals surface area contributed by atoms with Crippen LogP contribution in [0.5, 0.6) is 0 Å². The predicted molar refractivity (Wildman–Crippen MR) is 303 cm³/mol. The number of halogens is 9. The van der Waals surface area contributed by atoms with E-state index in [2.05, 4.69) is 44.9 Å². The standard InChI is InChI=1S/C19H18F4N4S2.C18H16F4N4S2.C16H15FN4S2/c1-3-4-15-14(9-28-18-25-10(2)7-16(24)27-18)26-17(29-15)12-6-5-11(8-13(12)20)19(21,22)23;1-3-14-13(8-27-17-24-9(2)6-15(23)26-17)25-16(28-14)11-5-4-10(7-12(11)19)18(20,21)22;1-9-6-14(18)21-16(19-9)22-8-13-10(2)23-15(20-13)11-4-3-5-12(17)7-11/h5-8H,3-4,9H2,1-2H3,(H2,24,25,27);4-7H,3,8H2,1-2H3,(H2,23,24,26);3-7H,8H2,1-2H3,(H2,18,19,21). The number of anilines is 3. The van der Waals surface area contributed by atoms with E-state index >= 15 is 0 Å². The monoisotopic (exact) mass is 1220 g/mol. The molecule has 27 heteroatoms. The molecule has 0 fully saturated rings. The molecule has 0 amide bonds. The maximum absolute atomic E-state index is 14.4. The van der Waals surface area contributed by atoms with Crippen molar-refractivity contribution in [2.24, 2.45) is 0 Å². The average Bonchev–Trinajstić information content (AvgIpc) is 4.09. The molecule has 0 aliphatic carbocycles. The number of nitrogens with two attached hydrogens (primary N) is 3. The van der Waals surface area contributed by atoms with E-state index in [9.17, 15) is 39.5 Å². The fourth-order valence-electron chi connectivity index (χ4n) is 7.24. The molecule has 9 aromatic rings. The molecule has 0 bridgehead atoms. The van der Waals surface area contributed by atoms with Gasteiger partial charge < -0.3 is 17.2 Å². The van der Waals surface area contributed by atoms with Gasteiger partial charge in [-0.25, -0.2) is 58.0 Å². The summed E-state index contributed by atoms with van der Waals surface area (Å²) in [6, 6.07) is 16.6. The molecule has 6 N–H and O–H groups in total. The molecule has 0 aliphatic heterocycles. The molecule has 0 atom stereocenters. The lowest BCUT2D eigenvalue weighted by Crippen LogP contribution is -2.05. The predicted octanol–water partition coefficient (Wildman–Crippen LogP) is 15.6. The van der Waals surface area contributed by atoms with Crippen molar-refractivity contribution < 1.29 is 39.5 Å². The van der Waals surface area contributed by atoms with E-state index in [1.54, 1.807) is 35.6 Å². The number of thioether (sulfide) groups is 3. The quantitative estimate of drug-likeness (QED) is 0.0498. The minimum Gasteiger partial charge on any atom is -0.384 e. The number of nitrogens with zero attached hydrogens (tertiary/aromatic N) is 9. The Labute approximate surface area is 479 Å². The first kappa shape index (κ1) is 61.2. The largest absolute Gasteiger partial charge is 0.416 e. The topological polar surface area (TPSA) is 194 Å². The van der Waals surface area contributed by atoms with Gasteiger partial charge in [-0.1, -0.05) is 67.7 Å². The Kier molecular flexibility index (Phi) is 20.6. The van der Waals surface area contributed by atoms with Crippen LogP contribution in [0.2, 0.25) is 0 Å². The van der Waals surface area contributed by atoms with Crippen LogP contribution < -0.4 is 17.2 Å². The number of aromatic nitrogens is 9. The Morgan fingerprint density at radius 3 is 1.30 bits per heavy atom. The van der Waals surface area contributed by atoms with Crippen molar-refractivity contribution in [1.29, 1.82) is 0 Å². The number of benzene rings is 3. The summed E-state index contributed by atoms with van der Waals surface area (Å²) in [7, 11) is 0. The van der Waals surface area contributed by atoms with Crippen LogP contribution in [-0.2, 0) is 42.5 Å². The van der Waals surface area contributed by atoms with Crippen molar-refractivity contribution in [3.05, 3.63) is 156 Å². The first-order valence-electron chi connectivity index (χ1n) is 24.0. The molecule has 3 aromatic carbocycles. The first-order chi connectivity index (χ1) is 37.8. The van der Waals surface area contributed by atoms with Gasteiger partial charge in [0.2, 0.25) is 0 Å². The van der Waals surface area contributed by atoms with Gasteiger partial charge in [-0.3, -0.25) is 0 Å². The highest BCUT2D eigenvalue weighted by molar-refractivity contribution is 7.98. The summed E-state index contributed by atoms with van der Waals surface area (Å²) >= 11 is 8.33. The Morgan fingerprint density at radius 1 is 0.475 bits per heavy atom. The SMILES string of the molecule is CCCc1sc(-c2ccc(C(F)(F)F)cc2F)nc1CSc1nc(C)cc(N)n1.CCc1sc(-c2ccc(C(F)(F)F)cc2F)nc1CSc1nc(C)cc(N)n1.Cc1cc(N)nc(SCc2nc(-c3cccc(F)c3)sc2C)n1. The van der Waals surface area contributed by atoms with E-state index in [0.717, 1.165) is 96.5 Å². The number of aryl methyl sites for hydroxylation is 6. The minimum absolute atomic E-state index is 0.0556. The van der Waals surface area contributed by atoms with Crippen LogP contribution in [0.15, 0.2) is 94.3 Å². The number of rotatable bonds is 15. The Bertz CT molecular complexity index is 3540. The van der Waals surface area contributed by atoms with Crippen LogP contribution in [0.1, 0.15) is 80.2 Å². The Morgan fingerprint density at radius 2 is 0.900 bits per heavy atom. The summed E-state index contributed by atoms with van der Waals surface area (Å²) < 4.78 is 119. The van der Waals surface area contributed by atoms with Crippen molar-refractivity contribution in [3.63, 3.8) is 0 Å². The molecular weight excluding hydrogens is 1170 g/mol. The molecule has 0 radical (unpaired) electrons. The van der Waals surface area contributed by atoms with Crippen molar-refractivity contribution in [1.82, 2.24) is 44.9 Å². The second kappa shape index (κ2) is 26.9. The Balaban J connectivity index is 0.000000175. The van der Waals surface area contributed by atoms with Crippen LogP contribution in [0.4, 0.5) is 57.0 Å². The van der Waals surface area contributed by atoms with E-state index in [1.807, 2.05) is 47.6 Å². The number of thiazole rings is 3. The molecule has 420 valence electrons. The van der Waals surface area contributed by atoms with Gasteiger partial charge in [0.15, 0.2) is 15.5 Å². The molecule has 80 heavy (non-hydrogen) atoms. The lowest BCUT2D eigenvalue weighted by Gasteiger charge is -2.07. The fourth-order valence-corrected chi connectivity index (χ4v) is 13.4. The van der Waals surface area contributed by atoms with E-state index in [0.29, 0.717) is 78.8 Å². The van der Waals surface area contributed by atoms with E-state index in [1.165, 1.54) is 70.1 Å². The van der Waals surface area contributed by atoms with Crippen LogP contribution in [-0.4, -0.2) is 44.9 Å². The van der Waals surface area contributed by atoms with Crippen molar-refractivity contribution in [2.75, 3.05) is 17.2 Å². The van der Waals surface area contributed by atoms with Crippen LogP contribution in [0.3, 0.4) is 0 Å². The molecule has 0 aliphatic rings. The summed E-state index contributed by atoms with van der Waals surface area (Å²) in [6.45, 7) is 11.5. The van der Waals surface area contributed by atoms with Gasteiger partial charge in [-0.05, 0) is 89.1 Å². The second-order valence-corrected chi connectivity index (χ2v) is 23.5. The summed E-state index contributed by atoms with van der Waals surface area (Å²) in [4.78, 5) is 42.1. The smallest absolute Gasteiger partial charge is 0.384 e. The molecule has 9 rings (SSSR count). The van der Waals surface area contributed by atoms with Gasteiger partial charge >= 0.3 is 12.4 Å². The number of hydrogen-bond acceptors (Lipinski definition) is 18. The molecule has 6 aromatic heterocycles. The van der Waals surface area contributed by atoms with Crippen LogP contribution in [0, 0.1) is 45.1 Å². The van der Waals surface area contributed by atoms with Gasteiger partial charge in [0.25, 0.3) is 0 Å². The lowest BCUT2D eigenvalue weighted by atomic mass is 10.1. The van der Waals surface area contributed by atoms with Crippen molar-refractivity contribution >= 4 is 86.7 Å². The summed E-state index contributed by atoms with van der Waals surface area (Å²) in [5.41, 5.74) is 20.9. The highest BCUT2D eigenvalue weighted by Crippen LogP contribution is 2.39. The summed E-state index contributed by atoms with van der Waals surface area (Å²) in [5.74, 6) is 0.634. The third-order valence-electron chi connectivity index (χ3n) is 10.9. The molecule has 0 saturated carbocycles. The number of nitrogen functional groups attached to an aromatic ring is 3. The molecule has 12 nitrogen and oxygen atoms in total. The maximum atomic E-state index is 14.4. The van der Waals surface area contributed by atoms with E-state index in [-0.39, 0.29) is 16.9 Å². The first-order valence-corrected chi connectivity index (χ1v) is 29.4. The van der Waals surface area contributed by atoms with E-state index in [4.69, 9.17) is 17.2 Å². The van der Waals surface area contributed by atoms with E-state index < -0.39 is 35.1 Å². The molecule has 0 unspecified atom stereocenters. The lowest BCUT2D eigenvalue weighted by molar-refractivity contribution is -0.138. The van der Waals surface area contributed by atoms with Gasteiger partial charge in [0.05, 0.1) is 28.2 Å². The summed E-state index contributed by atoms with van der Waals surface area (Å²) in [6.07, 6.45) is -6.90. The van der Waals surface area contributed by atoms with Crippen LogP contribution in [0.25, 0.3) is 31.7 Å². The highest BCUT2D eigenvalue weighted by Gasteiger charge is 2.33. The zero-order valence-electron chi connectivity index (χ0n) is 43.4. The van der Waals surface area contributed by atoms with Gasteiger partial charge in [-0.2, -0.15) is 26.3 Å². The second-order valence-electron chi connectivity index (χ2n) is 17.3. The molecule has 6 heterocycles. The Hall–Kier alpha value is -6.39.